The molecule has 12 nitrogen and oxygen atoms in total. The van der Waals surface area contributed by atoms with Gasteiger partial charge in [-0.15, -0.1) is 0 Å². The van der Waals surface area contributed by atoms with Crippen molar-refractivity contribution in [2.24, 2.45) is 0 Å². The zero-order valence-corrected chi connectivity index (χ0v) is 18.7. The first kappa shape index (κ1) is 31.1. The van der Waals surface area contributed by atoms with Gasteiger partial charge in [-0.1, -0.05) is 0 Å². The van der Waals surface area contributed by atoms with E-state index in [-0.39, 0.29) is 54.6 Å². The molecule has 17 heteroatoms. The average molecular weight is 697 g/mol. The molecule has 0 rings (SSSR count). The van der Waals surface area contributed by atoms with E-state index >= 15 is 0 Å². The molecule has 100 valence electrons. The van der Waals surface area contributed by atoms with Crippen molar-refractivity contribution in [3.05, 3.63) is 0 Å². The average Bonchev–Trinajstić information content (AvgIpc) is 1.41. The first-order valence-electron chi connectivity index (χ1n) is 2.00. The summed E-state index contributed by atoms with van der Waals surface area (Å²) in [5.74, 6) is 0. The summed E-state index contributed by atoms with van der Waals surface area (Å²) in [6, 6.07) is 0. The van der Waals surface area contributed by atoms with E-state index in [1.807, 2.05) is 0 Å². The molecule has 0 N–H and O–H groups in total. The van der Waals surface area contributed by atoms with Crippen LogP contribution < -0.4 is 0 Å². The summed E-state index contributed by atoms with van der Waals surface area (Å²) in [6.07, 6.45) is 0. The molecule has 0 atom stereocenters. The van der Waals surface area contributed by atoms with E-state index in [0.717, 1.165) is 0 Å². The van der Waals surface area contributed by atoms with Crippen LogP contribution >= 0.6 is 0 Å². The van der Waals surface area contributed by atoms with Gasteiger partial charge in [0.05, 0.1) is 0 Å². The van der Waals surface area contributed by atoms with Crippen LogP contribution in [0.5, 0.6) is 0 Å². The van der Waals surface area contributed by atoms with E-state index in [2.05, 4.69) is 0 Å². The van der Waals surface area contributed by atoms with Gasteiger partial charge in [-0.2, -0.15) is 0 Å². The van der Waals surface area contributed by atoms with Crippen molar-refractivity contribution >= 4 is 85.8 Å². The standard InChI is InChI=1S/3H2O4S.2Tl/c3*1-5(2,3)4;;/h3*(H2,1,2,3,4);;/q;;;2*+1/p-6. The van der Waals surface area contributed by atoms with E-state index in [4.69, 9.17) is 52.6 Å². The topological polar surface area (TPSA) is 241 Å². The molecule has 0 heterocycles. The molecule has 0 aromatic heterocycles. The maximum absolute atomic E-state index is 8.52. The number of hydrogen-bond acceptors (Lipinski definition) is 12. The summed E-state index contributed by atoms with van der Waals surface area (Å²) in [7, 11) is -15.5. The molecule has 0 fully saturated rings. The van der Waals surface area contributed by atoms with Crippen LogP contribution in [-0.2, 0) is 31.2 Å². The van der Waals surface area contributed by atoms with Gasteiger partial charge in [0.25, 0.3) is 0 Å². The second-order valence-corrected chi connectivity index (χ2v) is 3.67. The van der Waals surface area contributed by atoms with Gasteiger partial charge in [0, 0.05) is 31.2 Å². The third kappa shape index (κ3) is 1970. The van der Waals surface area contributed by atoms with Crippen LogP contribution in [0.15, 0.2) is 0 Å². The van der Waals surface area contributed by atoms with Gasteiger partial charge in [-0.3, -0.25) is 25.3 Å². The molecule has 0 unspecified atom stereocenters. The zero-order chi connectivity index (χ0) is 13.5. The predicted molar refractivity (Wildman–Crippen MR) is 42.9 cm³/mol. The maximum Gasteiger partial charge on any atom is 1.00 e. The summed E-state index contributed by atoms with van der Waals surface area (Å²) in [5, 5.41) is 0. The molecule has 0 saturated carbocycles. The molecule has 0 bridgehead atoms. The molecular weight excluding hydrogens is 697 g/mol. The molecule has 0 aromatic rings. The molecule has 0 aliphatic carbocycles. The van der Waals surface area contributed by atoms with Crippen molar-refractivity contribution < 1.29 is 52.6 Å². The second kappa shape index (κ2) is 12.5. The first-order chi connectivity index (χ1) is 6.00. The molecule has 0 spiro atoms. The zero-order valence-electron chi connectivity index (χ0n) is 7.28. The summed E-state index contributed by atoms with van der Waals surface area (Å²) in [5.41, 5.74) is 0. The van der Waals surface area contributed by atoms with Crippen LogP contribution in [-0.4, -0.2) is 107 Å². The predicted octanol–water partition coefficient (Wildman–Crippen LogP) is -4.78. The van der Waals surface area contributed by atoms with Crippen LogP contribution in [0, 0.1) is 0 Å². The van der Waals surface area contributed by atoms with Crippen molar-refractivity contribution in [1.29, 1.82) is 0 Å². The monoisotopic (exact) mass is 698 g/mol. The normalized spacial score (nSPS) is 10.2. The molecular formula is O12S3Tl2-4. The molecule has 0 radical (unpaired) electrons. The minimum absolute atomic E-state index is 0. The Balaban J connectivity index is -0.0000000400. The van der Waals surface area contributed by atoms with E-state index in [0.29, 0.717) is 0 Å². The molecule has 0 amide bonds. The van der Waals surface area contributed by atoms with Gasteiger partial charge in [-0.05, 0) is 0 Å². The third-order valence-electron chi connectivity index (χ3n) is 0. The van der Waals surface area contributed by atoms with E-state index < -0.39 is 31.2 Å². The molecule has 0 saturated heterocycles. The van der Waals surface area contributed by atoms with Crippen LogP contribution in [0.1, 0.15) is 0 Å². The Kier molecular flexibility index (Phi) is 22.8. The van der Waals surface area contributed by atoms with Crippen molar-refractivity contribution in [2.45, 2.75) is 0 Å². The largest absolute Gasteiger partial charge is 1.00 e. The Morgan fingerprint density at radius 1 is 0.412 bits per heavy atom. The summed E-state index contributed by atoms with van der Waals surface area (Å²) < 4.78 is 102. The van der Waals surface area contributed by atoms with Crippen LogP contribution in [0.25, 0.3) is 0 Å². The second-order valence-electron chi connectivity index (χ2n) is 1.22. The van der Waals surface area contributed by atoms with Crippen molar-refractivity contribution in [3.63, 3.8) is 0 Å². The maximum atomic E-state index is 8.52. The Labute approximate surface area is 137 Å². The summed E-state index contributed by atoms with van der Waals surface area (Å²) >= 11 is 0. The van der Waals surface area contributed by atoms with Gasteiger partial charge in [0.15, 0.2) is 0 Å². The van der Waals surface area contributed by atoms with Crippen molar-refractivity contribution in [1.82, 2.24) is 0 Å². The smallest absolute Gasteiger partial charge is 0.759 e. The van der Waals surface area contributed by atoms with E-state index in [1.165, 1.54) is 0 Å². The Hall–Kier alpha value is 1.45. The fourth-order valence-corrected chi connectivity index (χ4v) is 0. The summed E-state index contributed by atoms with van der Waals surface area (Å²) in [6.45, 7) is 0. The van der Waals surface area contributed by atoms with Gasteiger partial charge in [0.2, 0.25) is 0 Å². The van der Waals surface area contributed by atoms with Crippen molar-refractivity contribution in [2.75, 3.05) is 0 Å². The Morgan fingerprint density at radius 3 is 0.412 bits per heavy atom. The van der Waals surface area contributed by atoms with Crippen LogP contribution in [0.2, 0.25) is 0 Å². The third-order valence-corrected chi connectivity index (χ3v) is 0. The number of hydrogen-bond donors (Lipinski definition) is 0. The van der Waals surface area contributed by atoms with Gasteiger partial charge >= 0.3 is 54.6 Å². The van der Waals surface area contributed by atoms with Crippen molar-refractivity contribution in [3.8, 4) is 0 Å². The molecule has 0 aliphatic rings. The fourth-order valence-electron chi connectivity index (χ4n) is 0. The van der Waals surface area contributed by atoms with Crippen LogP contribution in [0.3, 0.4) is 0 Å². The minimum Gasteiger partial charge on any atom is -0.759 e. The molecule has 17 heavy (non-hydrogen) atoms. The first-order valence-corrected chi connectivity index (χ1v) is 6.00. The molecule has 0 aromatic carbocycles. The van der Waals surface area contributed by atoms with Crippen LogP contribution in [0.4, 0.5) is 0 Å². The SMILES string of the molecule is O=S(=O)([O-])[O-].O=S(=O)([O-])[O-].O=S(=O)([O-])[O-].[Tl+].[Tl+]. The summed E-state index contributed by atoms with van der Waals surface area (Å²) in [4.78, 5) is 0. The van der Waals surface area contributed by atoms with Gasteiger partial charge < -0.3 is 27.3 Å². The Bertz CT molecular complexity index is 341. The van der Waals surface area contributed by atoms with Gasteiger partial charge in [0.1, 0.15) is 0 Å². The minimum atomic E-state index is -5.17. The number of rotatable bonds is 0. The fraction of sp³-hybridized carbons (Fsp3) is 0. The molecule has 0 aliphatic heterocycles. The van der Waals surface area contributed by atoms with E-state index in [1.54, 1.807) is 0 Å². The Morgan fingerprint density at radius 2 is 0.412 bits per heavy atom. The van der Waals surface area contributed by atoms with Gasteiger partial charge in [-0.25, -0.2) is 0 Å². The quantitative estimate of drug-likeness (QED) is 0.132. The van der Waals surface area contributed by atoms with E-state index in [9.17, 15) is 0 Å².